The summed E-state index contributed by atoms with van der Waals surface area (Å²) in [5.41, 5.74) is 5.58. The Morgan fingerprint density at radius 3 is 2.89 bits per heavy atom. The highest BCUT2D eigenvalue weighted by Gasteiger charge is 2.28. The molecule has 0 fully saturated rings. The molecule has 2 aromatic rings. The average Bonchev–Trinajstić information content (AvgIpc) is 2.40. The van der Waals surface area contributed by atoms with E-state index in [4.69, 9.17) is 0 Å². The van der Waals surface area contributed by atoms with E-state index in [1.54, 1.807) is 0 Å². The number of aryl methyl sites for hydroxylation is 1. The molecule has 1 N–H and O–H groups in total. The van der Waals surface area contributed by atoms with Gasteiger partial charge in [-0.1, -0.05) is 30.3 Å². The van der Waals surface area contributed by atoms with Gasteiger partial charge in [0.1, 0.15) is 0 Å². The molecule has 1 aromatic heterocycles. The number of hydrogen-bond acceptors (Lipinski definition) is 2. The van der Waals surface area contributed by atoms with Crippen LogP contribution in [-0.4, -0.2) is 12.0 Å². The Hall–Kier alpha value is -1.67. The fourth-order valence-corrected chi connectivity index (χ4v) is 3.05. The molecule has 1 aliphatic rings. The van der Waals surface area contributed by atoms with E-state index in [1.807, 2.05) is 19.4 Å². The lowest BCUT2D eigenvalue weighted by atomic mass is 9.74. The molecule has 2 heteroatoms. The monoisotopic (exact) mass is 252 g/mol. The van der Waals surface area contributed by atoms with Crippen LogP contribution in [0.2, 0.25) is 0 Å². The molecule has 0 saturated carbocycles. The zero-order chi connectivity index (χ0) is 13.2. The standard InChI is InChI=1S/C17H20N2/c1-12-7-15(11-19-10-12)17(18-2)9-14-8-13-5-3-4-6-16(13)14/h3-7,10-11,14,17-18H,8-9H2,1-2H3. The summed E-state index contributed by atoms with van der Waals surface area (Å²) >= 11 is 0. The Kier molecular flexibility index (Phi) is 3.34. The highest BCUT2D eigenvalue weighted by Crippen LogP contribution is 2.40. The number of aromatic nitrogens is 1. The van der Waals surface area contributed by atoms with E-state index in [0.29, 0.717) is 12.0 Å². The summed E-state index contributed by atoms with van der Waals surface area (Å²) in [6.07, 6.45) is 6.26. The van der Waals surface area contributed by atoms with Crippen molar-refractivity contribution in [3.05, 3.63) is 65.0 Å². The first-order chi connectivity index (χ1) is 9.28. The Bertz CT molecular complexity index is 577. The number of fused-ring (bicyclic) bond motifs is 1. The quantitative estimate of drug-likeness (QED) is 0.902. The summed E-state index contributed by atoms with van der Waals surface area (Å²) in [5.74, 6) is 0.689. The number of rotatable bonds is 4. The van der Waals surface area contributed by atoms with Crippen LogP contribution < -0.4 is 5.32 Å². The van der Waals surface area contributed by atoms with Crippen molar-refractivity contribution in [3.8, 4) is 0 Å². The summed E-state index contributed by atoms with van der Waals surface area (Å²) < 4.78 is 0. The van der Waals surface area contributed by atoms with Gasteiger partial charge >= 0.3 is 0 Å². The number of pyridine rings is 1. The van der Waals surface area contributed by atoms with Gasteiger partial charge in [0.15, 0.2) is 0 Å². The molecule has 0 saturated heterocycles. The van der Waals surface area contributed by atoms with Crippen molar-refractivity contribution >= 4 is 0 Å². The fraction of sp³-hybridized carbons (Fsp3) is 0.353. The second-order valence-corrected chi connectivity index (χ2v) is 5.47. The fourth-order valence-electron chi connectivity index (χ4n) is 3.05. The summed E-state index contributed by atoms with van der Waals surface area (Å²) in [6.45, 7) is 2.10. The van der Waals surface area contributed by atoms with E-state index >= 15 is 0 Å². The van der Waals surface area contributed by atoms with E-state index in [2.05, 4.69) is 47.6 Å². The molecule has 0 amide bonds. The molecule has 1 aliphatic carbocycles. The molecule has 19 heavy (non-hydrogen) atoms. The molecule has 0 aliphatic heterocycles. The molecular formula is C17H20N2. The first kappa shape index (κ1) is 12.4. The van der Waals surface area contributed by atoms with Gasteiger partial charge in [-0.25, -0.2) is 0 Å². The lowest BCUT2D eigenvalue weighted by molar-refractivity contribution is 0.451. The van der Waals surface area contributed by atoms with Gasteiger partial charge in [0, 0.05) is 18.4 Å². The van der Waals surface area contributed by atoms with Crippen molar-refractivity contribution in [2.24, 2.45) is 0 Å². The topological polar surface area (TPSA) is 24.9 Å². The van der Waals surface area contributed by atoms with Crippen LogP contribution in [0, 0.1) is 6.92 Å². The van der Waals surface area contributed by atoms with Crippen molar-refractivity contribution in [1.29, 1.82) is 0 Å². The summed E-state index contributed by atoms with van der Waals surface area (Å²) in [4.78, 5) is 4.31. The normalized spacial score (nSPS) is 18.5. The van der Waals surface area contributed by atoms with E-state index < -0.39 is 0 Å². The van der Waals surface area contributed by atoms with Crippen LogP contribution in [0.4, 0.5) is 0 Å². The van der Waals surface area contributed by atoms with Crippen LogP contribution in [0.5, 0.6) is 0 Å². The molecule has 0 spiro atoms. The molecule has 2 nitrogen and oxygen atoms in total. The van der Waals surface area contributed by atoms with Crippen molar-refractivity contribution in [3.63, 3.8) is 0 Å². The third-order valence-corrected chi connectivity index (χ3v) is 4.13. The molecule has 2 unspecified atom stereocenters. The Balaban J connectivity index is 1.76. The summed E-state index contributed by atoms with van der Waals surface area (Å²) in [6, 6.07) is 11.4. The summed E-state index contributed by atoms with van der Waals surface area (Å²) in [5, 5.41) is 3.44. The van der Waals surface area contributed by atoms with Gasteiger partial charge in [0.05, 0.1) is 0 Å². The minimum Gasteiger partial charge on any atom is -0.313 e. The van der Waals surface area contributed by atoms with E-state index in [1.165, 1.54) is 28.7 Å². The predicted molar refractivity (Wildman–Crippen MR) is 78.3 cm³/mol. The second kappa shape index (κ2) is 5.14. The van der Waals surface area contributed by atoms with E-state index in [-0.39, 0.29) is 0 Å². The molecule has 0 bridgehead atoms. The number of nitrogens with zero attached hydrogens (tertiary/aromatic N) is 1. The van der Waals surface area contributed by atoms with Crippen molar-refractivity contribution < 1.29 is 0 Å². The first-order valence-electron chi connectivity index (χ1n) is 6.94. The van der Waals surface area contributed by atoms with E-state index in [9.17, 15) is 0 Å². The maximum atomic E-state index is 4.31. The van der Waals surface area contributed by atoms with Crippen LogP contribution in [0.1, 0.15) is 40.6 Å². The highest BCUT2D eigenvalue weighted by atomic mass is 14.9. The van der Waals surface area contributed by atoms with Crippen LogP contribution in [-0.2, 0) is 6.42 Å². The molecule has 1 heterocycles. The number of benzene rings is 1. The third-order valence-electron chi connectivity index (χ3n) is 4.13. The SMILES string of the molecule is CNC(CC1Cc2ccccc21)c1cncc(C)c1. The maximum Gasteiger partial charge on any atom is 0.0338 e. The molecule has 98 valence electrons. The average molecular weight is 252 g/mol. The largest absolute Gasteiger partial charge is 0.313 e. The minimum atomic E-state index is 0.394. The molecule has 0 radical (unpaired) electrons. The molecule has 3 rings (SSSR count). The van der Waals surface area contributed by atoms with Gasteiger partial charge in [0.25, 0.3) is 0 Å². The molecular weight excluding hydrogens is 232 g/mol. The van der Waals surface area contributed by atoms with Crippen LogP contribution in [0.3, 0.4) is 0 Å². The Morgan fingerprint density at radius 2 is 2.16 bits per heavy atom. The van der Waals surface area contributed by atoms with Gasteiger partial charge in [-0.15, -0.1) is 0 Å². The summed E-state index contributed by atoms with van der Waals surface area (Å²) in [7, 11) is 2.04. The Morgan fingerprint density at radius 1 is 1.32 bits per heavy atom. The van der Waals surface area contributed by atoms with Crippen molar-refractivity contribution in [2.75, 3.05) is 7.05 Å². The molecule has 2 atom stereocenters. The van der Waals surface area contributed by atoms with Gasteiger partial charge in [-0.05, 0) is 55.0 Å². The third kappa shape index (κ3) is 2.41. The van der Waals surface area contributed by atoms with Crippen molar-refractivity contribution in [2.45, 2.75) is 31.7 Å². The van der Waals surface area contributed by atoms with Gasteiger partial charge in [0.2, 0.25) is 0 Å². The van der Waals surface area contributed by atoms with Gasteiger partial charge in [-0.3, -0.25) is 4.98 Å². The maximum absolute atomic E-state index is 4.31. The van der Waals surface area contributed by atoms with Crippen LogP contribution in [0.25, 0.3) is 0 Å². The zero-order valence-electron chi connectivity index (χ0n) is 11.6. The lowest BCUT2D eigenvalue weighted by Gasteiger charge is -2.33. The minimum absolute atomic E-state index is 0.394. The Labute approximate surface area is 114 Å². The van der Waals surface area contributed by atoms with Crippen molar-refractivity contribution in [1.82, 2.24) is 10.3 Å². The molecule has 1 aromatic carbocycles. The zero-order valence-corrected chi connectivity index (χ0v) is 11.6. The number of hydrogen-bond donors (Lipinski definition) is 1. The van der Waals surface area contributed by atoms with Crippen LogP contribution in [0.15, 0.2) is 42.7 Å². The van der Waals surface area contributed by atoms with Gasteiger partial charge in [-0.2, -0.15) is 0 Å². The van der Waals surface area contributed by atoms with E-state index in [0.717, 1.165) is 6.42 Å². The smallest absolute Gasteiger partial charge is 0.0338 e. The van der Waals surface area contributed by atoms with Gasteiger partial charge < -0.3 is 5.32 Å². The lowest BCUT2D eigenvalue weighted by Crippen LogP contribution is -2.25. The van der Waals surface area contributed by atoms with Crippen LogP contribution >= 0.6 is 0 Å². The predicted octanol–water partition coefficient (Wildman–Crippen LogP) is 3.38. The first-order valence-corrected chi connectivity index (χ1v) is 6.94. The number of nitrogens with one attached hydrogen (secondary N) is 1. The highest BCUT2D eigenvalue weighted by molar-refractivity contribution is 5.40. The second-order valence-electron chi connectivity index (χ2n) is 5.47.